The Bertz CT molecular complexity index is 1210. The highest BCUT2D eigenvalue weighted by Gasteiger charge is 2.34. The molecule has 0 radical (unpaired) electrons. The van der Waals surface area contributed by atoms with Crippen molar-refractivity contribution in [2.75, 3.05) is 13.1 Å². The Morgan fingerprint density at radius 1 is 1.16 bits per heavy atom. The molecule has 2 aromatic carbocycles. The van der Waals surface area contributed by atoms with E-state index in [9.17, 15) is 13.2 Å². The van der Waals surface area contributed by atoms with Crippen molar-refractivity contribution in [1.29, 1.82) is 0 Å². The Hall–Kier alpha value is -2.84. The summed E-state index contributed by atoms with van der Waals surface area (Å²) in [6, 6.07) is 14.4. The molecule has 0 spiro atoms. The lowest BCUT2D eigenvalue weighted by atomic mass is 10.1. The van der Waals surface area contributed by atoms with Crippen LogP contribution in [0.3, 0.4) is 0 Å². The summed E-state index contributed by atoms with van der Waals surface area (Å²) in [6.07, 6.45) is 3.23. The first-order valence-corrected chi connectivity index (χ1v) is 12.3. The van der Waals surface area contributed by atoms with Gasteiger partial charge in [0.05, 0.1) is 11.0 Å². The lowest BCUT2D eigenvalue weighted by Gasteiger charge is -2.18. The Morgan fingerprint density at radius 3 is 2.56 bits per heavy atom. The predicted molar refractivity (Wildman–Crippen MR) is 123 cm³/mol. The minimum absolute atomic E-state index is 0.00296. The van der Waals surface area contributed by atoms with Crippen LogP contribution in [0.5, 0.6) is 5.75 Å². The number of benzene rings is 2. The molecular weight excluding hydrogens is 428 g/mol. The van der Waals surface area contributed by atoms with E-state index in [1.807, 2.05) is 44.3 Å². The number of aliphatic carboxylic acids is 1. The number of sulfonamides is 1. The van der Waals surface area contributed by atoms with Crippen LogP contribution in [0.1, 0.15) is 38.3 Å². The molecule has 170 valence electrons. The molecule has 1 unspecified atom stereocenters. The second-order valence-corrected chi connectivity index (χ2v) is 10.4. The first-order chi connectivity index (χ1) is 15.3. The second-order valence-electron chi connectivity index (χ2n) is 8.42. The Morgan fingerprint density at radius 2 is 1.88 bits per heavy atom. The normalized spacial score (nSPS) is 17.3. The van der Waals surface area contributed by atoms with Crippen molar-refractivity contribution in [3.63, 3.8) is 0 Å². The molecule has 2 heterocycles. The number of rotatable bonds is 8. The van der Waals surface area contributed by atoms with Crippen LogP contribution in [0, 0.1) is 0 Å². The summed E-state index contributed by atoms with van der Waals surface area (Å²) in [4.78, 5) is 11.3. The van der Waals surface area contributed by atoms with Gasteiger partial charge in [-0.1, -0.05) is 18.2 Å². The van der Waals surface area contributed by atoms with Gasteiger partial charge in [0, 0.05) is 42.7 Å². The van der Waals surface area contributed by atoms with E-state index in [0.29, 0.717) is 31.7 Å². The summed E-state index contributed by atoms with van der Waals surface area (Å²) < 4.78 is 35.7. The molecular formula is C24H28N2O5S. The summed E-state index contributed by atoms with van der Waals surface area (Å²) in [5, 5.41) is 10.1. The zero-order valence-corrected chi connectivity index (χ0v) is 19.1. The van der Waals surface area contributed by atoms with Crippen LogP contribution < -0.4 is 4.74 Å². The molecule has 0 amide bonds. The number of aromatic nitrogens is 1. The lowest BCUT2D eigenvalue weighted by molar-refractivity contribution is -0.136. The SMILES string of the molecule is CC(C)Oc1ccc(S(=O)(=O)N2CCC(n3cc(CCC(=O)O)c4ccccc43)C2)cc1. The fraction of sp³-hybridized carbons (Fsp3) is 0.375. The van der Waals surface area contributed by atoms with Crippen molar-refractivity contribution in [2.45, 2.75) is 50.2 Å². The predicted octanol–water partition coefficient (Wildman–Crippen LogP) is 4.08. The van der Waals surface area contributed by atoms with Gasteiger partial charge in [-0.2, -0.15) is 4.31 Å². The van der Waals surface area contributed by atoms with Crippen molar-refractivity contribution >= 4 is 26.9 Å². The molecule has 4 rings (SSSR count). The number of ether oxygens (including phenoxy) is 1. The van der Waals surface area contributed by atoms with Gasteiger partial charge in [-0.15, -0.1) is 0 Å². The highest BCUT2D eigenvalue weighted by atomic mass is 32.2. The fourth-order valence-electron chi connectivity index (χ4n) is 4.29. The van der Waals surface area contributed by atoms with E-state index in [1.54, 1.807) is 24.3 Å². The second kappa shape index (κ2) is 8.96. The molecule has 32 heavy (non-hydrogen) atoms. The number of fused-ring (bicyclic) bond motifs is 1. The summed E-state index contributed by atoms with van der Waals surface area (Å²) in [6.45, 7) is 4.66. The molecule has 1 aromatic heterocycles. The zero-order valence-electron chi connectivity index (χ0n) is 18.3. The van der Waals surface area contributed by atoms with Gasteiger partial charge < -0.3 is 14.4 Å². The smallest absolute Gasteiger partial charge is 0.303 e. The van der Waals surface area contributed by atoms with E-state index in [1.165, 1.54) is 4.31 Å². The zero-order chi connectivity index (χ0) is 22.9. The first kappa shape index (κ1) is 22.4. The molecule has 1 aliphatic heterocycles. The standard InChI is InChI=1S/C24H28N2O5S/c1-17(2)31-20-8-10-21(11-9-20)32(29,30)25-14-13-19(16-25)26-15-18(7-12-24(27)28)22-5-3-4-6-23(22)26/h3-6,8-11,15,17,19H,7,12-14,16H2,1-2H3,(H,27,28). The number of carbonyl (C=O) groups is 1. The first-order valence-electron chi connectivity index (χ1n) is 10.8. The van der Waals surface area contributed by atoms with Gasteiger partial charge in [-0.25, -0.2) is 8.42 Å². The van der Waals surface area contributed by atoms with Crippen LogP contribution in [0.2, 0.25) is 0 Å². The Labute approximate surface area is 188 Å². The highest BCUT2D eigenvalue weighted by molar-refractivity contribution is 7.89. The van der Waals surface area contributed by atoms with Gasteiger partial charge in [0.25, 0.3) is 0 Å². The van der Waals surface area contributed by atoms with Gasteiger partial charge in [0.1, 0.15) is 5.75 Å². The van der Waals surface area contributed by atoms with E-state index in [2.05, 4.69) is 4.57 Å². The Balaban J connectivity index is 1.55. The maximum Gasteiger partial charge on any atom is 0.303 e. The molecule has 8 heteroatoms. The minimum atomic E-state index is -3.61. The largest absolute Gasteiger partial charge is 0.491 e. The van der Waals surface area contributed by atoms with Gasteiger partial charge in [-0.3, -0.25) is 4.79 Å². The maximum absolute atomic E-state index is 13.2. The summed E-state index contributed by atoms with van der Waals surface area (Å²) in [7, 11) is -3.61. The molecule has 1 saturated heterocycles. The summed E-state index contributed by atoms with van der Waals surface area (Å²) in [5.74, 6) is -0.185. The molecule has 1 N–H and O–H groups in total. The number of carboxylic acids is 1. The van der Waals surface area contributed by atoms with Crippen LogP contribution >= 0.6 is 0 Å². The van der Waals surface area contributed by atoms with Crippen LogP contribution in [0.4, 0.5) is 0 Å². The van der Waals surface area contributed by atoms with Gasteiger partial charge in [-0.05, 0) is 62.6 Å². The molecule has 0 aliphatic carbocycles. The number of hydrogen-bond acceptors (Lipinski definition) is 4. The number of hydrogen-bond donors (Lipinski definition) is 1. The molecule has 0 bridgehead atoms. The van der Waals surface area contributed by atoms with Crippen molar-refractivity contribution in [3.05, 3.63) is 60.3 Å². The average Bonchev–Trinajstić information content (AvgIpc) is 3.38. The van der Waals surface area contributed by atoms with Gasteiger partial charge in [0.15, 0.2) is 0 Å². The van der Waals surface area contributed by atoms with Gasteiger partial charge >= 0.3 is 5.97 Å². The molecule has 1 aliphatic rings. The highest BCUT2D eigenvalue weighted by Crippen LogP contribution is 2.33. The third kappa shape index (κ3) is 4.52. The van der Waals surface area contributed by atoms with Gasteiger partial charge in [0.2, 0.25) is 10.0 Å². The van der Waals surface area contributed by atoms with Crippen LogP contribution in [-0.2, 0) is 21.2 Å². The van der Waals surface area contributed by atoms with E-state index in [4.69, 9.17) is 9.84 Å². The quantitative estimate of drug-likeness (QED) is 0.552. The number of nitrogens with zero attached hydrogens (tertiary/aromatic N) is 2. The van der Waals surface area contributed by atoms with Crippen molar-refractivity contribution in [2.24, 2.45) is 0 Å². The molecule has 1 atom stereocenters. The number of aryl methyl sites for hydroxylation is 1. The molecule has 7 nitrogen and oxygen atoms in total. The summed E-state index contributed by atoms with van der Waals surface area (Å²) in [5.41, 5.74) is 1.98. The monoisotopic (exact) mass is 456 g/mol. The molecule has 0 saturated carbocycles. The topological polar surface area (TPSA) is 88.8 Å². The minimum Gasteiger partial charge on any atom is -0.491 e. The third-order valence-electron chi connectivity index (χ3n) is 5.78. The van der Waals surface area contributed by atoms with Crippen molar-refractivity contribution in [1.82, 2.24) is 8.87 Å². The van der Waals surface area contributed by atoms with E-state index < -0.39 is 16.0 Å². The van der Waals surface area contributed by atoms with Crippen LogP contribution in [0.15, 0.2) is 59.6 Å². The number of para-hydroxylation sites is 1. The molecule has 1 fully saturated rings. The Kier molecular flexibility index (Phi) is 6.26. The van der Waals surface area contributed by atoms with E-state index in [-0.39, 0.29) is 23.5 Å². The van der Waals surface area contributed by atoms with Crippen molar-refractivity contribution in [3.8, 4) is 5.75 Å². The fourth-order valence-corrected chi connectivity index (χ4v) is 5.78. The maximum atomic E-state index is 13.2. The van der Waals surface area contributed by atoms with Crippen LogP contribution in [0.25, 0.3) is 10.9 Å². The lowest BCUT2D eigenvalue weighted by Crippen LogP contribution is -2.29. The van der Waals surface area contributed by atoms with E-state index >= 15 is 0 Å². The number of carboxylic acid groups (broad SMARTS) is 1. The summed E-state index contributed by atoms with van der Waals surface area (Å²) >= 11 is 0. The average molecular weight is 457 g/mol. The van der Waals surface area contributed by atoms with Crippen molar-refractivity contribution < 1.29 is 23.1 Å². The van der Waals surface area contributed by atoms with E-state index in [0.717, 1.165) is 16.5 Å². The third-order valence-corrected chi connectivity index (χ3v) is 7.66. The van der Waals surface area contributed by atoms with Crippen LogP contribution in [-0.4, -0.2) is 47.6 Å². The molecule has 3 aromatic rings.